The van der Waals surface area contributed by atoms with Gasteiger partial charge in [0.2, 0.25) is 11.8 Å². The molecule has 9 nitrogen and oxygen atoms in total. The number of hydrogen-bond acceptors (Lipinski definition) is 7. The van der Waals surface area contributed by atoms with Crippen molar-refractivity contribution in [1.29, 1.82) is 0 Å². The van der Waals surface area contributed by atoms with Crippen molar-refractivity contribution < 1.29 is 36.2 Å². The number of anilines is 1. The predicted octanol–water partition coefficient (Wildman–Crippen LogP) is 4.51. The number of likely N-dealkylation sites (tertiary alicyclic amines) is 1. The molecule has 1 saturated heterocycles. The molecule has 210 valence electrons. The fourth-order valence-corrected chi connectivity index (χ4v) is 4.66. The second kappa shape index (κ2) is 10.7. The Balaban J connectivity index is 1.64. The van der Waals surface area contributed by atoms with Gasteiger partial charge in [0.05, 0.1) is 26.8 Å². The largest absolute Gasteiger partial charge is 0.497 e. The summed E-state index contributed by atoms with van der Waals surface area (Å²) in [7, 11) is 4.15. The van der Waals surface area contributed by atoms with Crippen LogP contribution in [0.3, 0.4) is 0 Å². The smallest absolute Gasteiger partial charge is 0.423 e. The molecule has 4 rings (SSSR count). The summed E-state index contributed by atoms with van der Waals surface area (Å²) in [4.78, 5) is 22.2. The molecule has 0 radical (unpaired) electrons. The second-order valence-electron chi connectivity index (χ2n) is 9.33. The Labute approximate surface area is 220 Å². The van der Waals surface area contributed by atoms with E-state index in [1.54, 1.807) is 44.4 Å². The summed E-state index contributed by atoms with van der Waals surface area (Å²) < 4.78 is 80.3. The van der Waals surface area contributed by atoms with Crippen molar-refractivity contribution in [2.24, 2.45) is 13.0 Å². The molecule has 0 saturated carbocycles. The minimum atomic E-state index is -4.72. The van der Waals surface area contributed by atoms with E-state index in [1.807, 2.05) is 0 Å². The molecule has 1 amide bonds. The van der Waals surface area contributed by atoms with Crippen LogP contribution in [0.15, 0.2) is 36.7 Å². The van der Waals surface area contributed by atoms with Crippen LogP contribution in [0.2, 0.25) is 0 Å². The lowest BCUT2D eigenvalue weighted by atomic mass is 9.88. The first-order valence-corrected chi connectivity index (χ1v) is 11.9. The number of amides is 1. The lowest BCUT2D eigenvalue weighted by Gasteiger charge is -2.43. The highest BCUT2D eigenvalue weighted by molar-refractivity contribution is 5.99. The average Bonchev–Trinajstić information content (AvgIpc) is 3.27. The maximum absolute atomic E-state index is 14.7. The highest BCUT2D eigenvalue weighted by Gasteiger charge is 2.47. The first-order valence-electron chi connectivity index (χ1n) is 11.9. The molecular formula is C25H27F5N6O3. The zero-order chi connectivity index (χ0) is 28.5. The number of carbonyl (C=O) groups excluding carboxylic acids is 1. The zero-order valence-electron chi connectivity index (χ0n) is 21.6. The Morgan fingerprint density at radius 2 is 1.97 bits per heavy atom. The van der Waals surface area contributed by atoms with Gasteiger partial charge in [-0.15, -0.1) is 0 Å². The predicted molar refractivity (Wildman–Crippen MR) is 131 cm³/mol. The number of halogens is 5. The third-order valence-electron chi connectivity index (χ3n) is 6.47. The number of aromatic nitrogens is 4. The quantitative estimate of drug-likeness (QED) is 0.430. The Morgan fingerprint density at radius 3 is 2.64 bits per heavy atom. The summed E-state index contributed by atoms with van der Waals surface area (Å²) in [6.07, 6.45) is -3.02. The molecule has 2 atom stereocenters. The number of benzene rings is 1. The molecule has 39 heavy (non-hydrogen) atoms. The Morgan fingerprint density at radius 1 is 1.23 bits per heavy atom. The van der Waals surface area contributed by atoms with Crippen molar-refractivity contribution in [1.82, 2.24) is 24.6 Å². The number of alkyl halides is 5. The average molecular weight is 555 g/mol. The summed E-state index contributed by atoms with van der Waals surface area (Å²) in [5.74, 6) is -4.88. The maximum atomic E-state index is 14.7. The van der Waals surface area contributed by atoms with E-state index >= 15 is 0 Å². The third kappa shape index (κ3) is 6.04. The number of rotatable bonds is 7. The number of aryl methyl sites for hydroxylation is 1. The molecule has 0 aliphatic carbocycles. The van der Waals surface area contributed by atoms with E-state index in [-0.39, 0.29) is 18.2 Å². The number of methoxy groups -OCH3 is 2. The number of piperidine rings is 1. The number of nitrogens with one attached hydrogen (secondary N) is 1. The van der Waals surface area contributed by atoms with E-state index in [4.69, 9.17) is 9.47 Å². The van der Waals surface area contributed by atoms with Crippen LogP contribution in [-0.2, 0) is 13.2 Å². The summed E-state index contributed by atoms with van der Waals surface area (Å²) in [6.45, 7) is 0.627. The van der Waals surface area contributed by atoms with Gasteiger partial charge in [-0.25, -0.2) is 13.8 Å². The summed E-state index contributed by atoms with van der Waals surface area (Å²) in [5, 5.41) is 7.05. The molecule has 2 unspecified atom stereocenters. The fourth-order valence-electron chi connectivity index (χ4n) is 4.66. The molecule has 0 bridgehead atoms. The van der Waals surface area contributed by atoms with Gasteiger partial charge in [-0.05, 0) is 23.6 Å². The normalized spacial score (nSPS) is 19.1. The van der Waals surface area contributed by atoms with E-state index in [0.717, 1.165) is 12.0 Å². The van der Waals surface area contributed by atoms with E-state index in [0.29, 0.717) is 23.1 Å². The lowest BCUT2D eigenvalue weighted by Crippen LogP contribution is -2.57. The van der Waals surface area contributed by atoms with Crippen LogP contribution in [0, 0.1) is 5.92 Å². The summed E-state index contributed by atoms with van der Waals surface area (Å²) in [6, 6.07) is 6.15. The molecule has 1 aromatic carbocycles. The van der Waals surface area contributed by atoms with Gasteiger partial charge in [0.25, 0.3) is 11.8 Å². The van der Waals surface area contributed by atoms with Crippen molar-refractivity contribution in [2.75, 3.05) is 32.6 Å². The standard InChI is InChI=1S/C25H27F5N6O3/c1-14-9-24(26,27)13-36(19(14)11-32-23-31-10-18(25(28,29)30)21(33-23)39-4)22(37)20-17(12-35(2)34-20)15-6-5-7-16(8-15)38-3/h5-8,10,12,14,19H,9,11,13H2,1-4H3,(H,31,32,33). The number of nitrogens with zero attached hydrogens (tertiary/aromatic N) is 5. The van der Waals surface area contributed by atoms with E-state index in [9.17, 15) is 26.7 Å². The first-order chi connectivity index (χ1) is 18.3. The van der Waals surface area contributed by atoms with Gasteiger partial charge in [-0.3, -0.25) is 9.48 Å². The van der Waals surface area contributed by atoms with Crippen LogP contribution in [0.5, 0.6) is 11.6 Å². The molecule has 3 heterocycles. The van der Waals surface area contributed by atoms with Crippen molar-refractivity contribution in [2.45, 2.75) is 31.5 Å². The molecule has 2 aromatic heterocycles. The van der Waals surface area contributed by atoms with Gasteiger partial charge < -0.3 is 19.7 Å². The molecule has 3 aromatic rings. The minimum Gasteiger partial charge on any atom is -0.497 e. The topological polar surface area (TPSA) is 94.4 Å². The first kappa shape index (κ1) is 28.0. The zero-order valence-corrected chi connectivity index (χ0v) is 21.6. The van der Waals surface area contributed by atoms with Crippen LogP contribution in [0.4, 0.5) is 27.9 Å². The van der Waals surface area contributed by atoms with Crippen molar-refractivity contribution in [3.8, 4) is 22.8 Å². The van der Waals surface area contributed by atoms with Gasteiger partial charge in [-0.1, -0.05) is 19.1 Å². The molecular weight excluding hydrogens is 527 g/mol. The van der Waals surface area contributed by atoms with Crippen LogP contribution in [0.25, 0.3) is 11.1 Å². The number of carbonyl (C=O) groups is 1. The SMILES string of the molecule is COc1cccc(-c2cn(C)nc2C(=O)N2CC(F)(F)CC(C)C2CNc2ncc(C(F)(F)F)c(OC)n2)c1. The Bertz CT molecular complexity index is 1350. The molecule has 1 N–H and O–H groups in total. The van der Waals surface area contributed by atoms with Gasteiger partial charge >= 0.3 is 6.18 Å². The summed E-state index contributed by atoms with van der Waals surface area (Å²) in [5.41, 5.74) is -0.126. The molecule has 1 aliphatic heterocycles. The molecule has 14 heteroatoms. The van der Waals surface area contributed by atoms with E-state index < -0.39 is 54.4 Å². The van der Waals surface area contributed by atoms with Gasteiger partial charge in [0, 0.05) is 38.0 Å². The van der Waals surface area contributed by atoms with Crippen molar-refractivity contribution >= 4 is 11.9 Å². The fraction of sp³-hybridized carbons (Fsp3) is 0.440. The third-order valence-corrected chi connectivity index (χ3v) is 6.47. The highest BCUT2D eigenvalue weighted by atomic mass is 19.4. The van der Waals surface area contributed by atoms with Crippen LogP contribution < -0.4 is 14.8 Å². The van der Waals surface area contributed by atoms with Crippen molar-refractivity contribution in [3.05, 3.63) is 47.9 Å². The molecule has 1 fully saturated rings. The maximum Gasteiger partial charge on any atom is 0.423 e. The highest BCUT2D eigenvalue weighted by Crippen LogP contribution is 2.37. The Hall–Kier alpha value is -3.97. The van der Waals surface area contributed by atoms with E-state index in [2.05, 4.69) is 20.4 Å². The number of ether oxygens (including phenoxy) is 2. The van der Waals surface area contributed by atoms with Crippen LogP contribution in [-0.4, -0.2) is 69.8 Å². The van der Waals surface area contributed by atoms with Gasteiger partial charge in [0.1, 0.15) is 11.3 Å². The van der Waals surface area contributed by atoms with E-state index in [1.165, 1.54) is 11.8 Å². The van der Waals surface area contributed by atoms with Crippen molar-refractivity contribution in [3.63, 3.8) is 0 Å². The van der Waals surface area contributed by atoms with Crippen LogP contribution >= 0.6 is 0 Å². The lowest BCUT2D eigenvalue weighted by molar-refractivity contribution is -0.139. The minimum absolute atomic E-state index is 0.0203. The summed E-state index contributed by atoms with van der Waals surface area (Å²) >= 11 is 0. The Kier molecular flexibility index (Phi) is 7.66. The van der Waals surface area contributed by atoms with Gasteiger partial charge in [-0.2, -0.15) is 23.3 Å². The van der Waals surface area contributed by atoms with Gasteiger partial charge in [0.15, 0.2) is 5.69 Å². The van der Waals surface area contributed by atoms with Crippen LogP contribution in [0.1, 0.15) is 29.4 Å². The monoisotopic (exact) mass is 554 g/mol. The molecule has 0 spiro atoms. The second-order valence-corrected chi connectivity index (χ2v) is 9.33. The number of hydrogen-bond donors (Lipinski definition) is 1. The molecule has 1 aliphatic rings.